The largest absolute Gasteiger partial charge is 0.368 e. The molecule has 194 valence electrons. The van der Waals surface area contributed by atoms with Crippen molar-refractivity contribution in [2.45, 2.75) is 86.3 Å². The van der Waals surface area contributed by atoms with Crippen LogP contribution in [0.3, 0.4) is 0 Å². The zero-order valence-corrected chi connectivity index (χ0v) is 22.7. The van der Waals surface area contributed by atoms with Crippen LogP contribution in [0.2, 0.25) is 0 Å². The summed E-state index contributed by atoms with van der Waals surface area (Å²) >= 11 is 0. The van der Waals surface area contributed by atoms with Crippen LogP contribution in [0.5, 0.6) is 0 Å². The van der Waals surface area contributed by atoms with Gasteiger partial charge in [0.15, 0.2) is 5.78 Å². The van der Waals surface area contributed by atoms with Gasteiger partial charge in [-0.3, -0.25) is 9.59 Å². The minimum Gasteiger partial charge on any atom is -0.368 e. The average molecular weight is 469 g/mol. The molecule has 0 aromatic heterocycles. The SMILES string of the molecule is C=CC(N)C(C)(C)C(C)(C)CCOC(C)(C)C(=O)CCC(=O)NCCNCCN(CC)CC. The molecule has 0 aromatic rings. The van der Waals surface area contributed by atoms with Crippen LogP contribution in [0.4, 0.5) is 0 Å². The first-order chi connectivity index (χ1) is 15.2. The Labute approximate surface area is 203 Å². The number of ether oxygens (including phenoxy) is 1. The number of nitrogens with one attached hydrogen (secondary N) is 2. The number of Topliss-reactive ketones (excluding diaryl/α,β-unsaturated/α-hetero) is 1. The quantitative estimate of drug-likeness (QED) is 0.199. The lowest BCUT2D eigenvalue weighted by atomic mass is 9.62. The van der Waals surface area contributed by atoms with E-state index in [0.717, 1.165) is 39.1 Å². The molecular weight excluding hydrogens is 416 g/mol. The van der Waals surface area contributed by atoms with E-state index in [1.54, 1.807) is 19.9 Å². The Bertz CT molecular complexity index is 598. The number of nitrogens with zero attached hydrogens (tertiary/aromatic N) is 1. The number of rotatable bonds is 19. The highest BCUT2D eigenvalue weighted by Crippen LogP contribution is 2.43. The standard InChI is InChI=1S/C26H52N4O3/c1-10-21(27)25(6,7)24(4,5)15-20-33-26(8,9)22(31)13-14-23(32)29-17-16-28-18-19-30(11-2)12-3/h10,21,28H,1,11-20,27H2,2-9H3,(H,29,32). The highest BCUT2D eigenvalue weighted by Gasteiger charge is 2.40. The van der Waals surface area contributed by atoms with E-state index in [1.165, 1.54) is 0 Å². The highest BCUT2D eigenvalue weighted by molar-refractivity contribution is 5.90. The van der Waals surface area contributed by atoms with Crippen molar-refractivity contribution in [2.24, 2.45) is 16.6 Å². The second-order valence-corrected chi connectivity index (χ2v) is 10.5. The smallest absolute Gasteiger partial charge is 0.220 e. The van der Waals surface area contributed by atoms with Gasteiger partial charge in [-0.25, -0.2) is 0 Å². The molecule has 1 amide bonds. The molecule has 0 spiro atoms. The first-order valence-electron chi connectivity index (χ1n) is 12.5. The number of amides is 1. The maximum absolute atomic E-state index is 12.7. The Morgan fingerprint density at radius 1 is 1.03 bits per heavy atom. The fourth-order valence-corrected chi connectivity index (χ4v) is 3.52. The third-order valence-corrected chi connectivity index (χ3v) is 7.40. The fourth-order valence-electron chi connectivity index (χ4n) is 3.52. The molecule has 7 nitrogen and oxygen atoms in total. The number of carbonyl (C=O) groups excluding carboxylic acids is 2. The average Bonchev–Trinajstić information content (AvgIpc) is 2.75. The van der Waals surface area contributed by atoms with Crippen LogP contribution in [0.25, 0.3) is 0 Å². The van der Waals surface area contributed by atoms with Crippen LogP contribution in [-0.2, 0) is 14.3 Å². The Morgan fingerprint density at radius 2 is 1.64 bits per heavy atom. The fraction of sp³-hybridized carbons (Fsp3) is 0.846. The number of ketones is 1. The zero-order chi connectivity index (χ0) is 25.7. The minimum absolute atomic E-state index is 0.0603. The van der Waals surface area contributed by atoms with E-state index >= 15 is 0 Å². The molecule has 0 heterocycles. The van der Waals surface area contributed by atoms with Gasteiger partial charge in [-0.1, -0.05) is 47.6 Å². The summed E-state index contributed by atoms with van der Waals surface area (Å²) in [6, 6.07) is -0.127. The van der Waals surface area contributed by atoms with Crippen molar-refractivity contribution in [1.82, 2.24) is 15.5 Å². The third-order valence-electron chi connectivity index (χ3n) is 7.40. The maximum Gasteiger partial charge on any atom is 0.220 e. The Hall–Kier alpha value is -1.28. The second kappa shape index (κ2) is 14.9. The molecule has 1 unspecified atom stereocenters. The first kappa shape index (κ1) is 31.7. The molecule has 0 saturated heterocycles. The lowest BCUT2D eigenvalue weighted by Gasteiger charge is -2.45. The summed E-state index contributed by atoms with van der Waals surface area (Å²) in [6.45, 7) is 26.0. The third kappa shape index (κ3) is 11.1. The minimum atomic E-state index is -0.924. The predicted octanol–water partition coefficient (Wildman–Crippen LogP) is 3.13. The molecule has 0 bridgehead atoms. The van der Waals surface area contributed by atoms with Gasteiger partial charge < -0.3 is 26.0 Å². The van der Waals surface area contributed by atoms with Gasteiger partial charge in [0.05, 0.1) is 0 Å². The zero-order valence-electron chi connectivity index (χ0n) is 22.7. The molecule has 0 rings (SSSR count). The van der Waals surface area contributed by atoms with Gasteiger partial charge in [-0.15, -0.1) is 6.58 Å². The van der Waals surface area contributed by atoms with Gasteiger partial charge in [0.25, 0.3) is 0 Å². The first-order valence-corrected chi connectivity index (χ1v) is 12.5. The number of hydrogen-bond acceptors (Lipinski definition) is 6. The van der Waals surface area contributed by atoms with Crippen LogP contribution in [0, 0.1) is 10.8 Å². The number of likely N-dealkylation sites (N-methyl/N-ethyl adjacent to an activating group) is 1. The number of hydrogen-bond donors (Lipinski definition) is 3. The lowest BCUT2D eigenvalue weighted by molar-refractivity contribution is -0.143. The van der Waals surface area contributed by atoms with Gasteiger partial charge in [0.2, 0.25) is 5.91 Å². The van der Waals surface area contributed by atoms with Gasteiger partial charge in [-0.05, 0) is 44.2 Å². The molecule has 0 saturated carbocycles. The van der Waals surface area contributed by atoms with Crippen molar-refractivity contribution >= 4 is 11.7 Å². The Kier molecular flexibility index (Phi) is 14.3. The van der Waals surface area contributed by atoms with Crippen LogP contribution in [0.1, 0.15) is 74.7 Å². The lowest BCUT2D eigenvalue weighted by Crippen LogP contribution is -2.47. The van der Waals surface area contributed by atoms with E-state index in [1.807, 2.05) is 0 Å². The summed E-state index contributed by atoms with van der Waals surface area (Å²) in [7, 11) is 0. The van der Waals surface area contributed by atoms with E-state index in [-0.39, 0.29) is 41.4 Å². The Morgan fingerprint density at radius 3 is 2.18 bits per heavy atom. The molecule has 0 aliphatic rings. The van der Waals surface area contributed by atoms with E-state index in [2.05, 4.69) is 63.7 Å². The van der Waals surface area contributed by atoms with E-state index in [4.69, 9.17) is 10.5 Å². The van der Waals surface area contributed by atoms with Crippen LogP contribution >= 0.6 is 0 Å². The normalized spacial score (nSPS) is 13.8. The molecule has 0 aliphatic carbocycles. The van der Waals surface area contributed by atoms with Gasteiger partial charge in [0, 0.05) is 51.7 Å². The van der Waals surface area contributed by atoms with Gasteiger partial charge >= 0.3 is 0 Å². The van der Waals surface area contributed by atoms with Crippen LogP contribution < -0.4 is 16.4 Å². The summed E-state index contributed by atoms with van der Waals surface area (Å²) in [4.78, 5) is 27.1. The highest BCUT2D eigenvalue weighted by atomic mass is 16.5. The topological polar surface area (TPSA) is 96.7 Å². The number of nitrogens with two attached hydrogens (primary N) is 1. The van der Waals surface area contributed by atoms with Crippen molar-refractivity contribution in [2.75, 3.05) is 45.9 Å². The second-order valence-electron chi connectivity index (χ2n) is 10.5. The summed E-state index contributed by atoms with van der Waals surface area (Å²) in [5.74, 6) is -0.166. The van der Waals surface area contributed by atoms with Gasteiger partial charge in [-0.2, -0.15) is 0 Å². The molecule has 0 aromatic carbocycles. The summed E-state index contributed by atoms with van der Waals surface area (Å²) < 4.78 is 5.97. The van der Waals surface area contributed by atoms with E-state index in [0.29, 0.717) is 13.2 Å². The van der Waals surface area contributed by atoms with Crippen molar-refractivity contribution in [3.63, 3.8) is 0 Å². The molecule has 33 heavy (non-hydrogen) atoms. The predicted molar refractivity (Wildman–Crippen MR) is 138 cm³/mol. The summed E-state index contributed by atoms with van der Waals surface area (Å²) in [6.07, 6.45) is 2.89. The molecule has 7 heteroatoms. The summed E-state index contributed by atoms with van der Waals surface area (Å²) in [5, 5.41) is 6.20. The van der Waals surface area contributed by atoms with Gasteiger partial charge in [0.1, 0.15) is 5.60 Å². The van der Waals surface area contributed by atoms with Crippen LogP contribution in [-0.4, -0.2) is 74.1 Å². The molecule has 0 radical (unpaired) electrons. The van der Waals surface area contributed by atoms with E-state index < -0.39 is 5.60 Å². The monoisotopic (exact) mass is 468 g/mol. The molecule has 0 aliphatic heterocycles. The van der Waals surface area contributed by atoms with Crippen molar-refractivity contribution in [3.05, 3.63) is 12.7 Å². The maximum atomic E-state index is 12.7. The molecule has 1 atom stereocenters. The van der Waals surface area contributed by atoms with Crippen LogP contribution in [0.15, 0.2) is 12.7 Å². The number of carbonyl (C=O) groups is 2. The van der Waals surface area contributed by atoms with Crippen molar-refractivity contribution < 1.29 is 14.3 Å². The molecular formula is C26H52N4O3. The Balaban J connectivity index is 4.28. The van der Waals surface area contributed by atoms with Crippen molar-refractivity contribution in [1.29, 1.82) is 0 Å². The van der Waals surface area contributed by atoms with Crippen molar-refractivity contribution in [3.8, 4) is 0 Å². The molecule has 4 N–H and O–H groups in total. The summed E-state index contributed by atoms with van der Waals surface area (Å²) in [5.41, 5.74) is 5.05. The molecule has 0 fully saturated rings. The van der Waals surface area contributed by atoms with E-state index in [9.17, 15) is 9.59 Å².